The van der Waals surface area contributed by atoms with Gasteiger partial charge in [-0.05, 0) is 30.0 Å². The second-order valence-electron chi connectivity index (χ2n) is 4.66. The summed E-state index contributed by atoms with van der Waals surface area (Å²) < 4.78 is 10.4. The lowest BCUT2D eigenvalue weighted by Crippen LogP contribution is -2.07. The van der Waals surface area contributed by atoms with Gasteiger partial charge in [-0.25, -0.2) is 0 Å². The number of halogens is 1. The highest BCUT2D eigenvalue weighted by Gasteiger charge is 2.13. The SMILES string of the molecule is CC(=O)Oc1cc(OC(C)=O)c2c(CCN)cccc2c1.Cl. The van der Waals surface area contributed by atoms with Crippen molar-refractivity contribution in [2.75, 3.05) is 6.54 Å². The van der Waals surface area contributed by atoms with Crippen molar-refractivity contribution in [3.63, 3.8) is 0 Å². The van der Waals surface area contributed by atoms with Crippen LogP contribution in [0.3, 0.4) is 0 Å². The second kappa shape index (κ2) is 7.77. The summed E-state index contributed by atoms with van der Waals surface area (Å²) in [6.45, 7) is 3.14. The average molecular weight is 324 g/mol. The Bertz CT molecular complexity index is 700. The zero-order chi connectivity index (χ0) is 15.4. The molecule has 0 amide bonds. The predicted molar refractivity (Wildman–Crippen MR) is 86.6 cm³/mol. The van der Waals surface area contributed by atoms with Gasteiger partial charge in [0.2, 0.25) is 0 Å². The van der Waals surface area contributed by atoms with E-state index in [1.54, 1.807) is 12.1 Å². The highest BCUT2D eigenvalue weighted by Crippen LogP contribution is 2.34. The predicted octanol–water partition coefficient (Wildman–Crippen LogP) is 2.61. The van der Waals surface area contributed by atoms with E-state index < -0.39 is 11.9 Å². The van der Waals surface area contributed by atoms with Crippen molar-refractivity contribution in [2.24, 2.45) is 5.73 Å². The molecule has 0 unspecified atom stereocenters. The van der Waals surface area contributed by atoms with Gasteiger partial charge >= 0.3 is 11.9 Å². The summed E-state index contributed by atoms with van der Waals surface area (Å²) in [4.78, 5) is 22.4. The van der Waals surface area contributed by atoms with E-state index in [9.17, 15) is 9.59 Å². The molecule has 0 bridgehead atoms. The summed E-state index contributed by atoms with van der Waals surface area (Å²) in [7, 11) is 0. The van der Waals surface area contributed by atoms with Crippen LogP contribution in [0.25, 0.3) is 10.8 Å². The van der Waals surface area contributed by atoms with E-state index in [4.69, 9.17) is 15.2 Å². The van der Waals surface area contributed by atoms with E-state index in [0.29, 0.717) is 24.5 Å². The Morgan fingerprint density at radius 1 is 1.09 bits per heavy atom. The smallest absolute Gasteiger partial charge is 0.308 e. The first-order valence-electron chi connectivity index (χ1n) is 6.64. The minimum atomic E-state index is -0.432. The Kier molecular flexibility index (Phi) is 6.34. The molecule has 5 nitrogen and oxygen atoms in total. The van der Waals surface area contributed by atoms with Gasteiger partial charge in [-0.2, -0.15) is 0 Å². The van der Waals surface area contributed by atoms with Crippen molar-refractivity contribution in [1.82, 2.24) is 0 Å². The van der Waals surface area contributed by atoms with Crippen LogP contribution in [0, 0.1) is 0 Å². The summed E-state index contributed by atoms with van der Waals surface area (Å²) in [6, 6.07) is 8.99. The molecule has 118 valence electrons. The number of rotatable bonds is 4. The topological polar surface area (TPSA) is 78.6 Å². The van der Waals surface area contributed by atoms with Crippen LogP contribution in [0.1, 0.15) is 19.4 Å². The Balaban J connectivity index is 0.00000242. The minimum Gasteiger partial charge on any atom is -0.427 e. The Hall–Kier alpha value is -2.11. The molecule has 0 atom stereocenters. The van der Waals surface area contributed by atoms with E-state index >= 15 is 0 Å². The number of carbonyl (C=O) groups is 2. The maximum absolute atomic E-state index is 11.3. The molecule has 0 radical (unpaired) electrons. The molecule has 0 aromatic heterocycles. The average Bonchev–Trinajstić information content (AvgIpc) is 2.37. The third kappa shape index (κ3) is 4.19. The highest BCUT2D eigenvalue weighted by atomic mass is 35.5. The van der Waals surface area contributed by atoms with Gasteiger partial charge in [-0.1, -0.05) is 18.2 Å². The van der Waals surface area contributed by atoms with Crippen LogP contribution in [0.15, 0.2) is 30.3 Å². The van der Waals surface area contributed by atoms with E-state index in [2.05, 4.69) is 0 Å². The fourth-order valence-corrected chi connectivity index (χ4v) is 2.26. The first-order valence-corrected chi connectivity index (χ1v) is 6.64. The van der Waals surface area contributed by atoms with Crippen molar-refractivity contribution < 1.29 is 19.1 Å². The first kappa shape index (κ1) is 17.9. The van der Waals surface area contributed by atoms with Crippen LogP contribution in [0.4, 0.5) is 0 Å². The third-order valence-corrected chi connectivity index (χ3v) is 2.93. The summed E-state index contributed by atoms with van der Waals surface area (Å²) >= 11 is 0. The molecule has 2 N–H and O–H groups in total. The van der Waals surface area contributed by atoms with Crippen LogP contribution in [0.5, 0.6) is 11.5 Å². The summed E-state index contributed by atoms with van der Waals surface area (Å²) in [5, 5.41) is 1.64. The summed E-state index contributed by atoms with van der Waals surface area (Å²) in [5.74, 6) is -0.142. The highest BCUT2D eigenvalue weighted by molar-refractivity contribution is 5.94. The normalized spacial score (nSPS) is 9.95. The molecular weight excluding hydrogens is 306 g/mol. The zero-order valence-corrected chi connectivity index (χ0v) is 13.2. The van der Waals surface area contributed by atoms with Crippen molar-refractivity contribution >= 4 is 35.1 Å². The van der Waals surface area contributed by atoms with E-state index in [-0.39, 0.29) is 12.4 Å². The Morgan fingerprint density at radius 3 is 2.36 bits per heavy atom. The molecule has 0 fully saturated rings. The lowest BCUT2D eigenvalue weighted by atomic mass is 10.0. The lowest BCUT2D eigenvalue weighted by molar-refractivity contribution is -0.132. The van der Waals surface area contributed by atoms with Crippen molar-refractivity contribution in [1.29, 1.82) is 0 Å². The molecule has 2 aromatic rings. The quantitative estimate of drug-likeness (QED) is 0.691. The van der Waals surface area contributed by atoms with Gasteiger partial charge in [-0.15, -0.1) is 12.4 Å². The number of nitrogens with two attached hydrogens (primary N) is 1. The van der Waals surface area contributed by atoms with Gasteiger partial charge in [0, 0.05) is 25.3 Å². The third-order valence-electron chi connectivity index (χ3n) is 2.93. The molecule has 0 saturated heterocycles. The molecule has 2 aromatic carbocycles. The van der Waals surface area contributed by atoms with Crippen LogP contribution < -0.4 is 15.2 Å². The molecule has 6 heteroatoms. The number of esters is 2. The van der Waals surface area contributed by atoms with E-state index in [0.717, 1.165) is 16.3 Å². The van der Waals surface area contributed by atoms with Crippen LogP contribution in [-0.4, -0.2) is 18.5 Å². The van der Waals surface area contributed by atoms with Crippen molar-refractivity contribution in [3.8, 4) is 11.5 Å². The van der Waals surface area contributed by atoms with E-state index in [1.165, 1.54) is 13.8 Å². The number of hydrogen-bond acceptors (Lipinski definition) is 5. The fourth-order valence-electron chi connectivity index (χ4n) is 2.26. The minimum absolute atomic E-state index is 0. The number of hydrogen-bond donors (Lipinski definition) is 1. The monoisotopic (exact) mass is 323 g/mol. The molecule has 0 aliphatic heterocycles. The molecule has 0 aliphatic rings. The number of benzene rings is 2. The van der Waals surface area contributed by atoms with Gasteiger partial charge < -0.3 is 15.2 Å². The largest absolute Gasteiger partial charge is 0.427 e. The van der Waals surface area contributed by atoms with Crippen LogP contribution >= 0.6 is 12.4 Å². The Morgan fingerprint density at radius 2 is 1.77 bits per heavy atom. The van der Waals surface area contributed by atoms with Gasteiger partial charge in [0.05, 0.1) is 0 Å². The zero-order valence-electron chi connectivity index (χ0n) is 12.4. The number of ether oxygens (including phenoxy) is 2. The molecule has 0 spiro atoms. The van der Waals surface area contributed by atoms with Gasteiger partial charge in [-0.3, -0.25) is 9.59 Å². The molecular formula is C16H18ClNO4. The summed E-state index contributed by atoms with van der Waals surface area (Å²) in [5.41, 5.74) is 6.61. The number of fused-ring (bicyclic) bond motifs is 1. The van der Waals surface area contributed by atoms with Gasteiger partial charge in [0.1, 0.15) is 11.5 Å². The standard InChI is InChI=1S/C16H17NO4.ClH/c1-10(18)20-14-8-13-5-3-4-12(6-7-17)16(13)15(9-14)21-11(2)19;/h3-5,8-9H,6-7,17H2,1-2H3;1H. The lowest BCUT2D eigenvalue weighted by Gasteiger charge is -2.13. The van der Waals surface area contributed by atoms with Gasteiger partial charge in [0.15, 0.2) is 0 Å². The molecule has 0 aliphatic carbocycles. The van der Waals surface area contributed by atoms with Crippen molar-refractivity contribution in [2.45, 2.75) is 20.3 Å². The van der Waals surface area contributed by atoms with Crippen LogP contribution in [-0.2, 0) is 16.0 Å². The number of carbonyl (C=O) groups excluding carboxylic acids is 2. The summed E-state index contributed by atoms with van der Waals surface area (Å²) in [6.07, 6.45) is 0.665. The molecule has 22 heavy (non-hydrogen) atoms. The fraction of sp³-hybridized carbons (Fsp3) is 0.250. The van der Waals surface area contributed by atoms with Crippen molar-refractivity contribution in [3.05, 3.63) is 35.9 Å². The van der Waals surface area contributed by atoms with Crippen LogP contribution in [0.2, 0.25) is 0 Å². The van der Waals surface area contributed by atoms with E-state index in [1.807, 2.05) is 18.2 Å². The molecule has 2 rings (SSSR count). The maximum Gasteiger partial charge on any atom is 0.308 e. The Labute approximate surface area is 134 Å². The maximum atomic E-state index is 11.3. The molecule has 0 heterocycles. The first-order chi connectivity index (χ1) is 10.0. The second-order valence-corrected chi connectivity index (χ2v) is 4.66. The molecule has 0 saturated carbocycles. The van der Waals surface area contributed by atoms with Gasteiger partial charge in [0.25, 0.3) is 0 Å².